The molecule has 2 heterocycles. The second-order valence-corrected chi connectivity index (χ2v) is 7.66. The number of hydrogen-bond donors (Lipinski definition) is 1. The predicted octanol–water partition coefficient (Wildman–Crippen LogP) is 5.27. The number of carbonyl (C=O) groups excluding carboxylic acids is 1. The molecule has 29 heavy (non-hydrogen) atoms. The van der Waals surface area contributed by atoms with E-state index in [4.69, 9.17) is 23.8 Å². The van der Waals surface area contributed by atoms with E-state index in [1.54, 1.807) is 16.9 Å². The van der Waals surface area contributed by atoms with Gasteiger partial charge in [0.1, 0.15) is 5.82 Å². The zero-order chi connectivity index (χ0) is 20.8. The number of anilines is 1. The number of amides is 1. The molecule has 2 aromatic heterocycles. The summed E-state index contributed by atoms with van der Waals surface area (Å²) in [6.45, 7) is 5.27. The maximum atomic E-state index is 12.3. The van der Waals surface area contributed by atoms with E-state index < -0.39 is 0 Å². The standard InChI is InChI=1S/C21H24ClN5OS/c1-3-4-12-26-20(16-6-8-17(22)9-7-16)25-27(21(26)29)13-11-19(28)24-18-10-5-15(2)14-23-18/h5-10,14H,3-4,11-13H2,1-2H3,(H,23,24,28). The van der Waals surface area contributed by atoms with E-state index in [0.29, 0.717) is 22.2 Å². The first-order valence-corrected chi connectivity index (χ1v) is 10.4. The fourth-order valence-corrected chi connectivity index (χ4v) is 3.31. The lowest BCUT2D eigenvalue weighted by Gasteiger charge is -2.06. The van der Waals surface area contributed by atoms with Gasteiger partial charge in [-0.05, 0) is 61.5 Å². The maximum Gasteiger partial charge on any atom is 0.227 e. The molecule has 0 spiro atoms. The molecular weight excluding hydrogens is 406 g/mol. The molecule has 0 fully saturated rings. The number of aryl methyl sites for hydroxylation is 2. The Balaban J connectivity index is 1.76. The van der Waals surface area contributed by atoms with Crippen LogP contribution in [0.1, 0.15) is 31.7 Å². The van der Waals surface area contributed by atoms with Crippen LogP contribution in [0.25, 0.3) is 11.4 Å². The Labute approximate surface area is 180 Å². The molecule has 6 nitrogen and oxygen atoms in total. The van der Waals surface area contributed by atoms with E-state index in [0.717, 1.165) is 36.3 Å². The molecule has 0 saturated carbocycles. The summed E-state index contributed by atoms with van der Waals surface area (Å²) in [7, 11) is 0. The fourth-order valence-electron chi connectivity index (χ4n) is 2.87. The number of pyridine rings is 1. The molecule has 1 N–H and O–H groups in total. The average Bonchev–Trinajstić information content (AvgIpc) is 3.02. The average molecular weight is 430 g/mol. The third-order valence-electron chi connectivity index (χ3n) is 4.49. The first kappa shape index (κ1) is 21.2. The maximum absolute atomic E-state index is 12.3. The lowest BCUT2D eigenvalue weighted by molar-refractivity contribution is -0.116. The second-order valence-electron chi connectivity index (χ2n) is 6.86. The Morgan fingerprint density at radius 2 is 1.93 bits per heavy atom. The van der Waals surface area contributed by atoms with E-state index in [-0.39, 0.29) is 12.3 Å². The predicted molar refractivity (Wildman–Crippen MR) is 119 cm³/mol. The highest BCUT2D eigenvalue weighted by Crippen LogP contribution is 2.21. The van der Waals surface area contributed by atoms with Gasteiger partial charge in [0.15, 0.2) is 10.6 Å². The van der Waals surface area contributed by atoms with Gasteiger partial charge >= 0.3 is 0 Å². The number of aromatic nitrogens is 4. The molecule has 3 aromatic rings. The number of benzene rings is 1. The van der Waals surface area contributed by atoms with Crippen LogP contribution >= 0.6 is 23.8 Å². The van der Waals surface area contributed by atoms with Gasteiger partial charge in [-0.25, -0.2) is 9.67 Å². The zero-order valence-corrected chi connectivity index (χ0v) is 18.1. The highest BCUT2D eigenvalue weighted by Gasteiger charge is 2.14. The molecule has 8 heteroatoms. The molecule has 0 aliphatic heterocycles. The summed E-state index contributed by atoms with van der Waals surface area (Å²) >= 11 is 11.7. The van der Waals surface area contributed by atoms with Gasteiger partial charge in [0, 0.05) is 29.7 Å². The van der Waals surface area contributed by atoms with Crippen LogP contribution in [-0.2, 0) is 17.9 Å². The van der Waals surface area contributed by atoms with Crippen LogP contribution in [-0.4, -0.2) is 25.2 Å². The van der Waals surface area contributed by atoms with Crippen molar-refractivity contribution in [2.75, 3.05) is 5.32 Å². The SMILES string of the molecule is CCCCn1c(-c2ccc(Cl)cc2)nn(CCC(=O)Nc2ccc(C)cn2)c1=S. The number of rotatable bonds is 8. The van der Waals surface area contributed by atoms with E-state index >= 15 is 0 Å². The van der Waals surface area contributed by atoms with Crippen molar-refractivity contribution < 1.29 is 4.79 Å². The molecule has 0 bridgehead atoms. The largest absolute Gasteiger partial charge is 0.311 e. The Hall–Kier alpha value is -2.51. The van der Waals surface area contributed by atoms with Crippen molar-refractivity contribution in [1.29, 1.82) is 0 Å². The third kappa shape index (κ3) is 5.52. The highest BCUT2D eigenvalue weighted by atomic mass is 35.5. The zero-order valence-electron chi connectivity index (χ0n) is 16.6. The van der Waals surface area contributed by atoms with Crippen molar-refractivity contribution in [3.63, 3.8) is 0 Å². The van der Waals surface area contributed by atoms with Crippen molar-refractivity contribution >= 4 is 35.5 Å². The van der Waals surface area contributed by atoms with Gasteiger partial charge in [-0.1, -0.05) is 31.0 Å². The van der Waals surface area contributed by atoms with Crippen LogP contribution in [0.5, 0.6) is 0 Å². The molecule has 0 unspecified atom stereocenters. The Morgan fingerprint density at radius 1 is 1.17 bits per heavy atom. The van der Waals surface area contributed by atoms with E-state index in [2.05, 4.69) is 22.3 Å². The number of halogens is 1. The molecule has 3 rings (SSSR count). The van der Waals surface area contributed by atoms with Gasteiger partial charge in [0.05, 0.1) is 6.54 Å². The monoisotopic (exact) mass is 429 g/mol. The lowest BCUT2D eigenvalue weighted by atomic mass is 10.2. The van der Waals surface area contributed by atoms with Crippen molar-refractivity contribution in [3.05, 3.63) is 58.0 Å². The number of nitrogens with one attached hydrogen (secondary N) is 1. The first-order valence-electron chi connectivity index (χ1n) is 9.64. The molecule has 0 aliphatic rings. The van der Waals surface area contributed by atoms with Crippen LogP contribution in [0.4, 0.5) is 5.82 Å². The quantitative estimate of drug-likeness (QED) is 0.495. The fraction of sp³-hybridized carbons (Fsp3) is 0.333. The van der Waals surface area contributed by atoms with Crippen molar-refractivity contribution in [2.45, 2.75) is 46.2 Å². The number of unbranched alkanes of at least 4 members (excludes halogenated alkanes) is 1. The van der Waals surface area contributed by atoms with Crippen LogP contribution < -0.4 is 5.32 Å². The molecule has 0 atom stereocenters. The van der Waals surface area contributed by atoms with Gasteiger partial charge in [0.25, 0.3) is 0 Å². The highest BCUT2D eigenvalue weighted by molar-refractivity contribution is 7.71. The summed E-state index contributed by atoms with van der Waals surface area (Å²) in [4.78, 5) is 16.5. The van der Waals surface area contributed by atoms with Crippen LogP contribution in [0.2, 0.25) is 5.02 Å². The topological polar surface area (TPSA) is 64.7 Å². The molecule has 0 radical (unpaired) electrons. The molecule has 152 valence electrons. The smallest absolute Gasteiger partial charge is 0.227 e. The second kappa shape index (κ2) is 9.80. The Kier molecular flexibility index (Phi) is 7.17. The molecular formula is C21H24ClN5OS. The van der Waals surface area contributed by atoms with Crippen LogP contribution in [0.3, 0.4) is 0 Å². The van der Waals surface area contributed by atoms with Gasteiger partial charge in [-0.3, -0.25) is 9.36 Å². The van der Waals surface area contributed by atoms with Gasteiger partial charge < -0.3 is 5.32 Å². The third-order valence-corrected chi connectivity index (χ3v) is 5.17. The van der Waals surface area contributed by atoms with E-state index in [9.17, 15) is 4.79 Å². The summed E-state index contributed by atoms with van der Waals surface area (Å²) in [5, 5.41) is 8.17. The minimum absolute atomic E-state index is 0.126. The molecule has 0 aliphatic carbocycles. The summed E-state index contributed by atoms with van der Waals surface area (Å²) < 4.78 is 4.36. The van der Waals surface area contributed by atoms with Crippen molar-refractivity contribution in [2.24, 2.45) is 0 Å². The Morgan fingerprint density at radius 3 is 2.59 bits per heavy atom. The number of carbonyl (C=O) groups is 1. The summed E-state index contributed by atoms with van der Waals surface area (Å²) in [6, 6.07) is 11.2. The van der Waals surface area contributed by atoms with Crippen LogP contribution in [0, 0.1) is 11.7 Å². The van der Waals surface area contributed by atoms with Gasteiger partial charge in [-0.15, -0.1) is 0 Å². The summed E-state index contributed by atoms with van der Waals surface area (Å²) in [6.07, 6.45) is 4.04. The summed E-state index contributed by atoms with van der Waals surface area (Å²) in [5.41, 5.74) is 1.99. The normalized spacial score (nSPS) is 10.9. The molecule has 1 amide bonds. The molecule has 1 aromatic carbocycles. The number of hydrogen-bond acceptors (Lipinski definition) is 4. The minimum atomic E-state index is -0.126. The van der Waals surface area contributed by atoms with Crippen molar-refractivity contribution in [1.82, 2.24) is 19.3 Å². The van der Waals surface area contributed by atoms with Crippen LogP contribution in [0.15, 0.2) is 42.6 Å². The van der Waals surface area contributed by atoms with E-state index in [1.807, 2.05) is 41.8 Å². The minimum Gasteiger partial charge on any atom is -0.311 e. The first-order chi connectivity index (χ1) is 14.0. The molecule has 0 saturated heterocycles. The van der Waals surface area contributed by atoms with Gasteiger partial charge in [-0.2, -0.15) is 5.10 Å². The van der Waals surface area contributed by atoms with Gasteiger partial charge in [0.2, 0.25) is 5.91 Å². The Bertz CT molecular complexity index is 1020. The van der Waals surface area contributed by atoms with E-state index in [1.165, 1.54) is 0 Å². The lowest BCUT2D eigenvalue weighted by Crippen LogP contribution is -2.16. The summed E-state index contributed by atoms with van der Waals surface area (Å²) in [5.74, 6) is 1.21. The van der Waals surface area contributed by atoms with Crippen molar-refractivity contribution in [3.8, 4) is 11.4 Å². The number of nitrogens with zero attached hydrogens (tertiary/aromatic N) is 4.